The smallest absolute Gasteiger partial charge is 0.0583 e. The van der Waals surface area contributed by atoms with E-state index in [1.807, 2.05) is 13.0 Å². The minimum absolute atomic E-state index is 0.190. The lowest BCUT2D eigenvalue weighted by Gasteiger charge is -2.32. The standard InChI is InChI=1S/C10H12O/c1-7(11)10-6-8-4-2-3-5-9(8)10/h2-5,7,10-11H,6H2,1H3/t7-,10?/m1/s1. The fourth-order valence-electron chi connectivity index (χ4n) is 1.73. The highest BCUT2D eigenvalue weighted by Crippen LogP contribution is 2.36. The number of aliphatic hydroxyl groups is 1. The van der Waals surface area contributed by atoms with Gasteiger partial charge >= 0.3 is 0 Å². The topological polar surface area (TPSA) is 20.2 Å². The molecule has 58 valence electrons. The van der Waals surface area contributed by atoms with Crippen molar-refractivity contribution in [2.45, 2.75) is 25.4 Å². The summed E-state index contributed by atoms with van der Waals surface area (Å²) in [6, 6.07) is 8.33. The predicted molar refractivity (Wildman–Crippen MR) is 44.6 cm³/mol. The monoisotopic (exact) mass is 148 g/mol. The maximum atomic E-state index is 9.32. The van der Waals surface area contributed by atoms with Gasteiger partial charge in [0.2, 0.25) is 0 Å². The average Bonchev–Trinajstić information content (AvgIpc) is 1.90. The third-order valence-electron chi connectivity index (χ3n) is 2.48. The molecule has 1 aromatic rings. The van der Waals surface area contributed by atoms with Crippen molar-refractivity contribution >= 4 is 0 Å². The first-order valence-corrected chi connectivity index (χ1v) is 4.05. The molecule has 0 amide bonds. The van der Waals surface area contributed by atoms with Gasteiger partial charge in [0, 0.05) is 5.92 Å². The molecule has 1 aliphatic rings. The summed E-state index contributed by atoms with van der Waals surface area (Å²) in [4.78, 5) is 0. The Morgan fingerprint density at radius 1 is 1.45 bits per heavy atom. The fraction of sp³-hybridized carbons (Fsp3) is 0.400. The van der Waals surface area contributed by atoms with E-state index in [0.29, 0.717) is 5.92 Å². The Hall–Kier alpha value is -0.820. The highest BCUT2D eigenvalue weighted by molar-refractivity contribution is 5.40. The Morgan fingerprint density at radius 2 is 2.18 bits per heavy atom. The molecule has 0 saturated heterocycles. The van der Waals surface area contributed by atoms with Crippen molar-refractivity contribution < 1.29 is 5.11 Å². The molecule has 0 aromatic heterocycles. The summed E-state index contributed by atoms with van der Waals surface area (Å²) >= 11 is 0. The van der Waals surface area contributed by atoms with Crippen LogP contribution in [0.5, 0.6) is 0 Å². The zero-order valence-corrected chi connectivity index (χ0v) is 6.62. The van der Waals surface area contributed by atoms with E-state index in [9.17, 15) is 5.11 Å². The average molecular weight is 148 g/mol. The van der Waals surface area contributed by atoms with Crippen LogP contribution in [0.25, 0.3) is 0 Å². The molecule has 0 fully saturated rings. The fourth-order valence-corrected chi connectivity index (χ4v) is 1.73. The van der Waals surface area contributed by atoms with Gasteiger partial charge in [0.1, 0.15) is 0 Å². The molecule has 1 aliphatic carbocycles. The van der Waals surface area contributed by atoms with Crippen LogP contribution in [0.2, 0.25) is 0 Å². The van der Waals surface area contributed by atoms with Crippen LogP contribution >= 0.6 is 0 Å². The molecule has 0 radical (unpaired) electrons. The van der Waals surface area contributed by atoms with Gasteiger partial charge in [-0.1, -0.05) is 24.3 Å². The largest absolute Gasteiger partial charge is 0.393 e. The minimum atomic E-state index is -0.190. The summed E-state index contributed by atoms with van der Waals surface area (Å²) < 4.78 is 0. The summed E-state index contributed by atoms with van der Waals surface area (Å²) in [7, 11) is 0. The van der Waals surface area contributed by atoms with Crippen molar-refractivity contribution in [1.82, 2.24) is 0 Å². The van der Waals surface area contributed by atoms with E-state index >= 15 is 0 Å². The lowest BCUT2D eigenvalue weighted by atomic mass is 9.75. The first kappa shape index (κ1) is 6.86. The zero-order valence-electron chi connectivity index (χ0n) is 6.62. The van der Waals surface area contributed by atoms with Crippen LogP contribution in [0.1, 0.15) is 24.0 Å². The van der Waals surface area contributed by atoms with Crippen LogP contribution in [0.15, 0.2) is 24.3 Å². The zero-order chi connectivity index (χ0) is 7.84. The van der Waals surface area contributed by atoms with E-state index in [4.69, 9.17) is 0 Å². The van der Waals surface area contributed by atoms with Gasteiger partial charge in [-0.25, -0.2) is 0 Å². The summed E-state index contributed by atoms with van der Waals surface area (Å²) in [6.45, 7) is 1.86. The molecule has 0 bridgehead atoms. The Kier molecular flexibility index (Phi) is 1.46. The molecule has 1 N–H and O–H groups in total. The maximum absolute atomic E-state index is 9.32. The summed E-state index contributed by atoms with van der Waals surface area (Å²) in [6.07, 6.45) is 0.860. The molecular formula is C10H12O. The molecule has 0 heterocycles. The first-order chi connectivity index (χ1) is 5.29. The maximum Gasteiger partial charge on any atom is 0.0583 e. The SMILES string of the molecule is C[C@@H](O)C1Cc2ccccc21. The van der Waals surface area contributed by atoms with Crippen molar-refractivity contribution in [2.24, 2.45) is 0 Å². The van der Waals surface area contributed by atoms with Crippen LogP contribution in [0.4, 0.5) is 0 Å². The highest BCUT2D eigenvalue weighted by Gasteiger charge is 2.28. The Bertz CT molecular complexity index is 265. The highest BCUT2D eigenvalue weighted by atomic mass is 16.3. The number of benzene rings is 1. The van der Waals surface area contributed by atoms with Gasteiger partial charge in [-0.05, 0) is 24.5 Å². The molecule has 1 unspecified atom stereocenters. The number of hydrogen-bond acceptors (Lipinski definition) is 1. The van der Waals surface area contributed by atoms with Gasteiger partial charge in [0.05, 0.1) is 6.10 Å². The first-order valence-electron chi connectivity index (χ1n) is 4.05. The molecule has 2 atom stereocenters. The summed E-state index contributed by atoms with van der Waals surface area (Å²) in [5.74, 6) is 0.395. The van der Waals surface area contributed by atoms with E-state index in [2.05, 4.69) is 18.2 Å². The lowest BCUT2D eigenvalue weighted by molar-refractivity contribution is 0.152. The Morgan fingerprint density at radius 3 is 2.82 bits per heavy atom. The van der Waals surface area contributed by atoms with Crippen molar-refractivity contribution in [3.8, 4) is 0 Å². The normalized spacial score (nSPS) is 23.6. The van der Waals surface area contributed by atoms with E-state index in [-0.39, 0.29) is 6.10 Å². The minimum Gasteiger partial charge on any atom is -0.393 e. The second-order valence-corrected chi connectivity index (χ2v) is 3.25. The molecule has 1 aromatic carbocycles. The van der Waals surface area contributed by atoms with Crippen LogP contribution in [0, 0.1) is 0 Å². The molecule has 11 heavy (non-hydrogen) atoms. The number of aliphatic hydroxyl groups excluding tert-OH is 1. The summed E-state index contributed by atoms with van der Waals surface area (Å²) in [5.41, 5.74) is 2.74. The van der Waals surface area contributed by atoms with Gasteiger partial charge in [0.25, 0.3) is 0 Å². The third kappa shape index (κ3) is 0.962. The van der Waals surface area contributed by atoms with E-state index in [0.717, 1.165) is 6.42 Å². The van der Waals surface area contributed by atoms with E-state index in [1.165, 1.54) is 11.1 Å². The molecule has 0 aliphatic heterocycles. The molecule has 0 spiro atoms. The molecule has 0 saturated carbocycles. The van der Waals surface area contributed by atoms with E-state index in [1.54, 1.807) is 0 Å². The second-order valence-electron chi connectivity index (χ2n) is 3.25. The van der Waals surface area contributed by atoms with Crippen LogP contribution in [-0.4, -0.2) is 11.2 Å². The molecule has 1 nitrogen and oxygen atoms in total. The van der Waals surface area contributed by atoms with Crippen molar-refractivity contribution in [1.29, 1.82) is 0 Å². The van der Waals surface area contributed by atoms with Gasteiger partial charge in [-0.2, -0.15) is 0 Å². The summed E-state index contributed by atoms with van der Waals surface area (Å²) in [5, 5.41) is 9.32. The number of rotatable bonds is 1. The number of fused-ring (bicyclic) bond motifs is 1. The lowest BCUT2D eigenvalue weighted by Crippen LogP contribution is -2.26. The Labute approximate surface area is 66.7 Å². The van der Waals surface area contributed by atoms with Gasteiger partial charge in [0.15, 0.2) is 0 Å². The van der Waals surface area contributed by atoms with Gasteiger partial charge in [-0.15, -0.1) is 0 Å². The van der Waals surface area contributed by atoms with Crippen molar-refractivity contribution in [3.05, 3.63) is 35.4 Å². The van der Waals surface area contributed by atoms with Crippen molar-refractivity contribution in [3.63, 3.8) is 0 Å². The molecular weight excluding hydrogens is 136 g/mol. The van der Waals surface area contributed by atoms with Gasteiger partial charge < -0.3 is 5.11 Å². The number of hydrogen-bond donors (Lipinski definition) is 1. The van der Waals surface area contributed by atoms with Crippen molar-refractivity contribution in [2.75, 3.05) is 0 Å². The predicted octanol–water partition coefficient (Wildman–Crippen LogP) is 1.71. The molecule has 2 rings (SSSR count). The quantitative estimate of drug-likeness (QED) is 0.642. The van der Waals surface area contributed by atoms with Crippen LogP contribution in [0.3, 0.4) is 0 Å². The van der Waals surface area contributed by atoms with E-state index < -0.39 is 0 Å². The second kappa shape index (κ2) is 2.35. The Balaban J connectivity index is 2.29. The van der Waals surface area contributed by atoms with Gasteiger partial charge in [-0.3, -0.25) is 0 Å². The molecule has 1 heteroatoms. The van der Waals surface area contributed by atoms with Crippen LogP contribution in [-0.2, 0) is 6.42 Å². The third-order valence-corrected chi connectivity index (χ3v) is 2.48. The van der Waals surface area contributed by atoms with Crippen LogP contribution < -0.4 is 0 Å².